The molecule has 2 fully saturated rings. The summed E-state index contributed by atoms with van der Waals surface area (Å²) in [4.78, 5) is 13.5. The summed E-state index contributed by atoms with van der Waals surface area (Å²) in [5.74, 6) is 1.39. The monoisotopic (exact) mass is 289 g/mol. The van der Waals surface area contributed by atoms with E-state index in [2.05, 4.69) is 19.1 Å². The smallest absolute Gasteiger partial charge is 0.225 e. The van der Waals surface area contributed by atoms with Gasteiger partial charge in [-0.3, -0.25) is 4.79 Å². The highest BCUT2D eigenvalue weighted by molar-refractivity contribution is 5.80. The van der Waals surface area contributed by atoms with E-state index in [1.807, 2.05) is 30.1 Å². The third-order valence-electron chi connectivity index (χ3n) is 4.44. The largest absolute Gasteiger partial charge is 0.381 e. The maximum atomic E-state index is 11.7. The molecule has 1 amide bonds. The Morgan fingerprint density at radius 1 is 1.14 bits per heavy atom. The van der Waals surface area contributed by atoms with Crippen LogP contribution in [0.5, 0.6) is 0 Å². The molecule has 1 aromatic carbocycles. The fourth-order valence-corrected chi connectivity index (χ4v) is 3.03. The Hall–Kier alpha value is -1.35. The molecule has 116 valence electrons. The second-order valence-electron chi connectivity index (χ2n) is 6.19. The van der Waals surface area contributed by atoms with E-state index in [1.165, 1.54) is 5.56 Å². The quantitative estimate of drug-likeness (QED) is 0.836. The maximum Gasteiger partial charge on any atom is 0.225 e. The summed E-state index contributed by atoms with van der Waals surface area (Å²) in [5.41, 5.74) is 1.32. The number of nitrogens with zero attached hydrogens (tertiary/aromatic N) is 1. The van der Waals surface area contributed by atoms with Gasteiger partial charge in [0.25, 0.3) is 0 Å². The second-order valence-corrected chi connectivity index (χ2v) is 6.19. The van der Waals surface area contributed by atoms with Crippen molar-refractivity contribution in [3.05, 3.63) is 35.9 Å². The summed E-state index contributed by atoms with van der Waals surface area (Å²) in [6.45, 7) is 4.82. The molecule has 2 aliphatic rings. The lowest BCUT2D eigenvalue weighted by Crippen LogP contribution is -2.25. The van der Waals surface area contributed by atoms with E-state index in [0.717, 1.165) is 51.4 Å². The van der Waals surface area contributed by atoms with E-state index in [4.69, 9.17) is 4.74 Å². The van der Waals surface area contributed by atoms with Gasteiger partial charge < -0.3 is 9.64 Å². The van der Waals surface area contributed by atoms with Crippen molar-refractivity contribution in [2.75, 3.05) is 26.8 Å². The Bertz CT molecular complexity index is 426. The van der Waals surface area contributed by atoms with E-state index in [0.29, 0.717) is 11.8 Å². The van der Waals surface area contributed by atoms with Gasteiger partial charge in [-0.15, -0.1) is 0 Å². The number of amides is 1. The summed E-state index contributed by atoms with van der Waals surface area (Å²) >= 11 is 0. The molecular weight excluding hydrogens is 262 g/mol. The minimum absolute atomic E-state index is 0.308. The van der Waals surface area contributed by atoms with Crippen LogP contribution in [0, 0.1) is 18.8 Å². The van der Waals surface area contributed by atoms with Crippen LogP contribution in [0.25, 0.3) is 0 Å². The Morgan fingerprint density at radius 3 is 2.29 bits per heavy atom. The topological polar surface area (TPSA) is 29.5 Å². The second kappa shape index (κ2) is 8.18. The van der Waals surface area contributed by atoms with E-state index < -0.39 is 0 Å². The number of carbonyl (C=O) groups excluding carboxylic acids is 1. The standard InChI is InChI=1S/C11H19NO2.C7H8/c1-12-5-2-10(11(12)13)8-9-3-6-14-7-4-9;1-7-5-3-2-4-6-7/h9-10H,2-8H2,1H3;2-6H,1H3. The van der Waals surface area contributed by atoms with Crippen molar-refractivity contribution < 1.29 is 9.53 Å². The Labute approximate surface area is 128 Å². The fraction of sp³-hybridized carbons (Fsp3) is 0.611. The molecule has 21 heavy (non-hydrogen) atoms. The van der Waals surface area contributed by atoms with Crippen molar-refractivity contribution in [2.45, 2.75) is 32.6 Å². The minimum Gasteiger partial charge on any atom is -0.381 e. The number of carbonyl (C=O) groups is 1. The predicted molar refractivity (Wildman–Crippen MR) is 85.1 cm³/mol. The van der Waals surface area contributed by atoms with Crippen LogP contribution in [-0.4, -0.2) is 37.6 Å². The molecule has 1 atom stereocenters. The van der Waals surface area contributed by atoms with Crippen molar-refractivity contribution >= 4 is 5.91 Å². The molecule has 2 heterocycles. The highest BCUT2D eigenvalue weighted by Crippen LogP contribution is 2.28. The van der Waals surface area contributed by atoms with Crippen LogP contribution in [0.2, 0.25) is 0 Å². The lowest BCUT2D eigenvalue weighted by atomic mass is 9.88. The van der Waals surface area contributed by atoms with Gasteiger partial charge in [0.05, 0.1) is 0 Å². The number of aryl methyl sites for hydroxylation is 1. The summed E-state index contributed by atoms with van der Waals surface area (Å²) in [7, 11) is 1.91. The first-order valence-electron chi connectivity index (χ1n) is 8.01. The zero-order valence-corrected chi connectivity index (χ0v) is 13.3. The SMILES string of the molecule is CN1CCC(CC2CCOCC2)C1=O.Cc1ccccc1. The number of hydrogen-bond donors (Lipinski definition) is 0. The van der Waals surface area contributed by atoms with Gasteiger partial charge in [0, 0.05) is 32.7 Å². The third kappa shape index (κ3) is 5.16. The molecule has 1 unspecified atom stereocenters. The summed E-state index contributed by atoms with van der Waals surface area (Å²) in [5, 5.41) is 0. The summed E-state index contributed by atoms with van der Waals surface area (Å²) < 4.78 is 5.32. The number of hydrogen-bond acceptors (Lipinski definition) is 2. The van der Waals surface area contributed by atoms with Crippen LogP contribution < -0.4 is 0 Å². The Balaban J connectivity index is 0.000000194. The van der Waals surface area contributed by atoms with E-state index in [-0.39, 0.29) is 0 Å². The molecular formula is C18H27NO2. The molecule has 3 heteroatoms. The molecule has 0 saturated carbocycles. The third-order valence-corrected chi connectivity index (χ3v) is 4.44. The lowest BCUT2D eigenvalue weighted by molar-refractivity contribution is -0.130. The van der Waals surface area contributed by atoms with Gasteiger partial charge in [-0.2, -0.15) is 0 Å². The number of rotatable bonds is 2. The van der Waals surface area contributed by atoms with Gasteiger partial charge in [-0.25, -0.2) is 0 Å². The minimum atomic E-state index is 0.308. The summed E-state index contributed by atoms with van der Waals surface area (Å²) in [6.07, 6.45) is 4.44. The molecule has 0 aromatic heterocycles. The molecule has 0 radical (unpaired) electrons. The fourth-order valence-electron chi connectivity index (χ4n) is 3.03. The first-order chi connectivity index (χ1) is 10.2. The van der Waals surface area contributed by atoms with Crippen molar-refractivity contribution in [1.82, 2.24) is 4.90 Å². The van der Waals surface area contributed by atoms with E-state index >= 15 is 0 Å². The van der Waals surface area contributed by atoms with Gasteiger partial charge in [0.2, 0.25) is 5.91 Å². The Kier molecular flexibility index (Phi) is 6.24. The lowest BCUT2D eigenvalue weighted by Gasteiger charge is -2.23. The molecule has 0 spiro atoms. The molecule has 1 aromatic rings. The average Bonchev–Trinajstić information content (AvgIpc) is 2.82. The van der Waals surface area contributed by atoms with Gasteiger partial charge >= 0.3 is 0 Å². The maximum absolute atomic E-state index is 11.7. The van der Waals surface area contributed by atoms with Crippen molar-refractivity contribution in [3.63, 3.8) is 0 Å². The normalized spacial score (nSPS) is 22.9. The number of ether oxygens (including phenoxy) is 1. The van der Waals surface area contributed by atoms with Crippen LogP contribution >= 0.6 is 0 Å². The number of likely N-dealkylation sites (tertiary alicyclic amines) is 1. The van der Waals surface area contributed by atoms with Gasteiger partial charge in [-0.1, -0.05) is 35.9 Å². The predicted octanol–water partition coefficient (Wildman–Crippen LogP) is 3.28. The molecule has 3 nitrogen and oxygen atoms in total. The Morgan fingerprint density at radius 2 is 1.81 bits per heavy atom. The highest BCUT2D eigenvalue weighted by Gasteiger charge is 2.31. The zero-order chi connectivity index (χ0) is 15.1. The van der Waals surface area contributed by atoms with Crippen LogP contribution in [0.4, 0.5) is 0 Å². The molecule has 2 aliphatic heterocycles. The van der Waals surface area contributed by atoms with E-state index in [9.17, 15) is 4.79 Å². The van der Waals surface area contributed by atoms with Crippen molar-refractivity contribution in [3.8, 4) is 0 Å². The van der Waals surface area contributed by atoms with Gasteiger partial charge in [-0.05, 0) is 38.5 Å². The molecule has 0 aliphatic carbocycles. The van der Waals surface area contributed by atoms with Crippen LogP contribution in [0.15, 0.2) is 30.3 Å². The molecule has 0 bridgehead atoms. The average molecular weight is 289 g/mol. The first kappa shape index (κ1) is 16.0. The summed E-state index contributed by atoms with van der Waals surface area (Å²) in [6, 6.07) is 10.3. The molecule has 2 saturated heterocycles. The van der Waals surface area contributed by atoms with Crippen molar-refractivity contribution in [2.24, 2.45) is 11.8 Å². The molecule has 3 rings (SSSR count). The van der Waals surface area contributed by atoms with Crippen LogP contribution in [-0.2, 0) is 9.53 Å². The van der Waals surface area contributed by atoms with Crippen LogP contribution in [0.3, 0.4) is 0 Å². The molecule has 0 N–H and O–H groups in total. The van der Waals surface area contributed by atoms with Crippen molar-refractivity contribution in [1.29, 1.82) is 0 Å². The van der Waals surface area contributed by atoms with Gasteiger partial charge in [0.1, 0.15) is 0 Å². The van der Waals surface area contributed by atoms with Gasteiger partial charge in [0.15, 0.2) is 0 Å². The zero-order valence-electron chi connectivity index (χ0n) is 13.3. The highest BCUT2D eigenvalue weighted by atomic mass is 16.5. The number of benzene rings is 1. The van der Waals surface area contributed by atoms with Crippen LogP contribution in [0.1, 0.15) is 31.2 Å². The van der Waals surface area contributed by atoms with E-state index in [1.54, 1.807) is 0 Å². The first-order valence-corrected chi connectivity index (χ1v) is 8.01.